The number of nitrogens with zero attached hydrogens (tertiary/aromatic N) is 1. The summed E-state index contributed by atoms with van der Waals surface area (Å²) in [6.07, 6.45) is 6.22. The quantitative estimate of drug-likeness (QED) is 0.704. The van der Waals surface area contributed by atoms with Crippen LogP contribution in [0.1, 0.15) is 32.1 Å². The molecule has 1 aromatic carbocycles. The molecule has 25 heavy (non-hydrogen) atoms. The maximum atomic E-state index is 12.4. The minimum absolute atomic E-state index is 0.131. The van der Waals surface area contributed by atoms with Gasteiger partial charge >= 0.3 is 0 Å². The molecule has 0 spiro atoms. The molecular weight excluding hydrogens is 400 g/mol. The molecule has 138 valence electrons. The zero-order chi connectivity index (χ0) is 17.5. The molecule has 1 saturated heterocycles. The molecule has 6 heteroatoms. The fourth-order valence-electron chi connectivity index (χ4n) is 3.85. The summed E-state index contributed by atoms with van der Waals surface area (Å²) in [5, 5.41) is 3.22. The van der Waals surface area contributed by atoms with Crippen LogP contribution in [-0.4, -0.2) is 54.9 Å². The van der Waals surface area contributed by atoms with E-state index in [1.54, 1.807) is 11.8 Å². The Hall–Kier alpha value is -0.560. The van der Waals surface area contributed by atoms with E-state index in [0.29, 0.717) is 5.75 Å². The summed E-state index contributed by atoms with van der Waals surface area (Å²) >= 11 is 5.03. The molecule has 0 atom stereocenters. The van der Waals surface area contributed by atoms with Gasteiger partial charge in [-0.2, -0.15) is 0 Å². The van der Waals surface area contributed by atoms with Crippen LogP contribution < -0.4 is 5.32 Å². The van der Waals surface area contributed by atoms with Gasteiger partial charge < -0.3 is 10.1 Å². The molecule has 0 radical (unpaired) electrons. The Kier molecular flexibility index (Phi) is 7.22. The van der Waals surface area contributed by atoms with Crippen molar-refractivity contribution in [1.29, 1.82) is 0 Å². The van der Waals surface area contributed by atoms with Crippen LogP contribution >= 0.6 is 27.7 Å². The van der Waals surface area contributed by atoms with Crippen molar-refractivity contribution in [1.82, 2.24) is 10.2 Å². The van der Waals surface area contributed by atoms with Crippen LogP contribution in [0, 0.1) is 0 Å². The lowest BCUT2D eigenvalue weighted by molar-refractivity contribution is -0.119. The predicted octanol–water partition coefficient (Wildman–Crippen LogP) is 3.69. The van der Waals surface area contributed by atoms with E-state index in [9.17, 15) is 4.79 Å². The highest BCUT2D eigenvalue weighted by Gasteiger charge is 2.38. The number of amides is 1. The number of thioether (sulfide) groups is 1. The Morgan fingerprint density at radius 2 is 1.84 bits per heavy atom. The van der Waals surface area contributed by atoms with Gasteiger partial charge in [-0.3, -0.25) is 9.69 Å². The number of carbonyl (C=O) groups excluding carboxylic acids is 1. The molecule has 1 aromatic rings. The fraction of sp³-hybridized carbons (Fsp3) is 0.632. The van der Waals surface area contributed by atoms with Crippen molar-refractivity contribution >= 4 is 33.6 Å². The lowest BCUT2D eigenvalue weighted by atomic mass is 9.79. The SMILES string of the molecule is O=C(CSc1ccc(Br)cc1)NCC1(N2CCOCC2)CCCCC1. The van der Waals surface area contributed by atoms with Gasteiger partial charge in [-0.25, -0.2) is 0 Å². The van der Waals surface area contributed by atoms with Gasteiger partial charge in [-0.15, -0.1) is 11.8 Å². The molecular formula is C19H27BrN2O2S. The lowest BCUT2D eigenvalue weighted by Gasteiger charge is -2.48. The van der Waals surface area contributed by atoms with Crippen molar-refractivity contribution in [2.45, 2.75) is 42.5 Å². The van der Waals surface area contributed by atoms with Crippen LogP contribution in [0.25, 0.3) is 0 Å². The number of nitrogens with one attached hydrogen (secondary N) is 1. The summed E-state index contributed by atoms with van der Waals surface area (Å²) in [4.78, 5) is 16.1. The second-order valence-electron chi connectivity index (χ2n) is 6.90. The highest BCUT2D eigenvalue weighted by atomic mass is 79.9. The second kappa shape index (κ2) is 9.40. The number of halogens is 1. The van der Waals surface area contributed by atoms with Crippen LogP contribution in [-0.2, 0) is 9.53 Å². The highest BCUT2D eigenvalue weighted by molar-refractivity contribution is 9.10. The first-order chi connectivity index (χ1) is 12.2. The van der Waals surface area contributed by atoms with Gasteiger partial charge in [0.25, 0.3) is 0 Å². The monoisotopic (exact) mass is 426 g/mol. The maximum Gasteiger partial charge on any atom is 0.230 e. The smallest absolute Gasteiger partial charge is 0.230 e. The van der Waals surface area contributed by atoms with E-state index in [-0.39, 0.29) is 11.4 Å². The van der Waals surface area contributed by atoms with Gasteiger partial charge in [0.05, 0.1) is 19.0 Å². The van der Waals surface area contributed by atoms with Crippen molar-refractivity contribution in [2.75, 3.05) is 38.6 Å². The van der Waals surface area contributed by atoms with Crippen molar-refractivity contribution in [3.8, 4) is 0 Å². The second-order valence-corrected chi connectivity index (χ2v) is 8.87. The standard InChI is InChI=1S/C19H27BrN2O2S/c20-16-4-6-17(7-5-16)25-14-18(23)21-15-19(8-2-1-3-9-19)22-10-12-24-13-11-22/h4-7H,1-3,8-15H2,(H,21,23). The van der Waals surface area contributed by atoms with Crippen LogP contribution in [0.15, 0.2) is 33.6 Å². The molecule has 4 nitrogen and oxygen atoms in total. The summed E-state index contributed by atoms with van der Waals surface area (Å²) in [6.45, 7) is 4.38. The number of hydrogen-bond acceptors (Lipinski definition) is 4. The molecule has 1 N–H and O–H groups in total. The average molecular weight is 427 g/mol. The van der Waals surface area contributed by atoms with Gasteiger partial charge in [-0.05, 0) is 37.1 Å². The van der Waals surface area contributed by atoms with Crippen molar-refractivity contribution in [3.05, 3.63) is 28.7 Å². The van der Waals surface area contributed by atoms with E-state index in [1.165, 1.54) is 32.1 Å². The molecule has 0 aromatic heterocycles. The largest absolute Gasteiger partial charge is 0.379 e. The molecule has 1 aliphatic carbocycles. The van der Waals surface area contributed by atoms with E-state index in [0.717, 1.165) is 42.2 Å². The van der Waals surface area contributed by atoms with Gasteiger partial charge in [0, 0.05) is 34.5 Å². The van der Waals surface area contributed by atoms with Crippen molar-refractivity contribution < 1.29 is 9.53 Å². The Labute approximate surface area is 163 Å². The predicted molar refractivity (Wildman–Crippen MR) is 106 cm³/mol. The number of carbonyl (C=O) groups is 1. The topological polar surface area (TPSA) is 41.6 Å². The maximum absolute atomic E-state index is 12.4. The Balaban J connectivity index is 1.51. The summed E-state index contributed by atoms with van der Waals surface area (Å²) in [7, 11) is 0. The molecule has 0 bridgehead atoms. The molecule has 2 aliphatic rings. The average Bonchev–Trinajstić information content (AvgIpc) is 2.67. The summed E-state index contributed by atoms with van der Waals surface area (Å²) in [5.41, 5.74) is 0.139. The molecule has 0 unspecified atom stereocenters. The van der Waals surface area contributed by atoms with E-state index < -0.39 is 0 Å². The first kappa shape index (κ1) is 19.2. The van der Waals surface area contributed by atoms with Crippen LogP contribution in [0.2, 0.25) is 0 Å². The van der Waals surface area contributed by atoms with Crippen molar-refractivity contribution in [3.63, 3.8) is 0 Å². The third-order valence-electron chi connectivity index (χ3n) is 5.26. The van der Waals surface area contributed by atoms with E-state index in [2.05, 4.69) is 26.1 Å². The zero-order valence-corrected chi connectivity index (χ0v) is 17.0. The third-order valence-corrected chi connectivity index (χ3v) is 6.81. The molecule has 1 aliphatic heterocycles. The van der Waals surface area contributed by atoms with Crippen LogP contribution in [0.4, 0.5) is 0 Å². The van der Waals surface area contributed by atoms with Gasteiger partial charge in [0.2, 0.25) is 5.91 Å². The minimum atomic E-state index is 0.131. The number of morpholine rings is 1. The fourth-order valence-corrected chi connectivity index (χ4v) is 4.84. The first-order valence-electron chi connectivity index (χ1n) is 9.16. The van der Waals surface area contributed by atoms with E-state index in [4.69, 9.17) is 4.74 Å². The molecule has 2 fully saturated rings. The number of hydrogen-bond donors (Lipinski definition) is 1. The lowest BCUT2D eigenvalue weighted by Crippen LogP contribution is -2.59. The number of ether oxygens (including phenoxy) is 1. The summed E-state index contributed by atoms with van der Waals surface area (Å²) in [5.74, 6) is 0.604. The molecule has 3 rings (SSSR count). The number of benzene rings is 1. The zero-order valence-electron chi connectivity index (χ0n) is 14.6. The van der Waals surface area contributed by atoms with Gasteiger partial charge in [0.1, 0.15) is 0 Å². The van der Waals surface area contributed by atoms with Gasteiger partial charge in [0.15, 0.2) is 0 Å². The van der Waals surface area contributed by atoms with Crippen LogP contribution in [0.3, 0.4) is 0 Å². The Bertz CT molecular complexity index is 555. The van der Waals surface area contributed by atoms with Crippen LogP contribution in [0.5, 0.6) is 0 Å². The molecule has 1 heterocycles. The van der Waals surface area contributed by atoms with Crippen molar-refractivity contribution in [2.24, 2.45) is 0 Å². The summed E-state index contributed by atoms with van der Waals surface area (Å²) < 4.78 is 6.58. The Morgan fingerprint density at radius 1 is 1.16 bits per heavy atom. The van der Waals surface area contributed by atoms with E-state index in [1.807, 2.05) is 24.3 Å². The number of rotatable bonds is 6. The molecule has 1 saturated carbocycles. The van der Waals surface area contributed by atoms with Gasteiger partial charge in [-0.1, -0.05) is 35.2 Å². The minimum Gasteiger partial charge on any atom is -0.379 e. The summed E-state index contributed by atoms with van der Waals surface area (Å²) in [6, 6.07) is 8.10. The highest BCUT2D eigenvalue weighted by Crippen LogP contribution is 2.34. The Morgan fingerprint density at radius 3 is 2.52 bits per heavy atom. The third kappa shape index (κ3) is 5.46. The van der Waals surface area contributed by atoms with E-state index >= 15 is 0 Å². The molecule has 1 amide bonds. The normalized spacial score (nSPS) is 21.0. The first-order valence-corrected chi connectivity index (χ1v) is 10.9.